The van der Waals surface area contributed by atoms with Crippen LogP contribution in [0.2, 0.25) is 0 Å². The van der Waals surface area contributed by atoms with E-state index in [0.29, 0.717) is 6.42 Å². The summed E-state index contributed by atoms with van der Waals surface area (Å²) < 4.78 is 5.75. The maximum Gasteiger partial charge on any atom is 0.309 e. The Kier molecular flexibility index (Phi) is 10.0. The van der Waals surface area contributed by atoms with Gasteiger partial charge in [0.25, 0.3) is 0 Å². The SMILES string of the molecule is C/C(=C\c1csc(C)n1)[C@@H]1C/C=C\CCC[C@H](C)[C@H](O)[C@@H](C)C(=O)C(C)(C)C(O)CC(=O)O1. The van der Waals surface area contributed by atoms with E-state index in [1.54, 1.807) is 32.1 Å². The summed E-state index contributed by atoms with van der Waals surface area (Å²) in [6.45, 7) is 10.8. The minimum Gasteiger partial charge on any atom is -0.457 e. The molecule has 7 heteroatoms. The Hall–Kier alpha value is -1.83. The van der Waals surface area contributed by atoms with Crippen molar-refractivity contribution < 1.29 is 24.5 Å². The second-order valence-electron chi connectivity index (χ2n) is 9.86. The lowest BCUT2D eigenvalue weighted by Gasteiger charge is -2.34. The third-order valence-electron chi connectivity index (χ3n) is 6.68. The van der Waals surface area contributed by atoms with E-state index >= 15 is 0 Å². The van der Waals surface area contributed by atoms with Crippen molar-refractivity contribution in [2.75, 3.05) is 0 Å². The zero-order valence-electron chi connectivity index (χ0n) is 20.7. The highest BCUT2D eigenvalue weighted by atomic mass is 32.1. The largest absolute Gasteiger partial charge is 0.457 e. The topological polar surface area (TPSA) is 96.7 Å². The number of ketones is 1. The van der Waals surface area contributed by atoms with Gasteiger partial charge >= 0.3 is 5.97 Å². The summed E-state index contributed by atoms with van der Waals surface area (Å²) in [5.41, 5.74) is 0.513. The fraction of sp³-hybridized carbons (Fsp3) is 0.654. The Labute approximate surface area is 201 Å². The second-order valence-corrected chi connectivity index (χ2v) is 10.9. The number of hydrogen-bond acceptors (Lipinski definition) is 7. The molecule has 1 aliphatic heterocycles. The molecule has 0 saturated carbocycles. The maximum atomic E-state index is 13.1. The van der Waals surface area contributed by atoms with Gasteiger partial charge in [0.2, 0.25) is 0 Å². The lowest BCUT2D eigenvalue weighted by atomic mass is 9.73. The van der Waals surface area contributed by atoms with Crippen LogP contribution in [-0.4, -0.2) is 45.3 Å². The first-order chi connectivity index (χ1) is 15.4. The smallest absolute Gasteiger partial charge is 0.309 e. The van der Waals surface area contributed by atoms with Crippen LogP contribution in [0, 0.1) is 24.2 Å². The first-order valence-electron chi connectivity index (χ1n) is 11.8. The van der Waals surface area contributed by atoms with Gasteiger partial charge in [-0.3, -0.25) is 9.59 Å². The molecule has 1 aliphatic rings. The van der Waals surface area contributed by atoms with Crippen LogP contribution in [0.25, 0.3) is 6.08 Å². The molecule has 0 saturated heterocycles. The van der Waals surface area contributed by atoms with Crippen LogP contribution < -0.4 is 0 Å². The van der Waals surface area contributed by atoms with E-state index in [1.165, 1.54) is 0 Å². The fourth-order valence-electron chi connectivity index (χ4n) is 4.18. The molecule has 0 radical (unpaired) electrons. The predicted octanol–water partition coefficient (Wildman–Crippen LogP) is 4.88. The molecule has 2 rings (SSSR count). The molecule has 0 aromatic carbocycles. The summed E-state index contributed by atoms with van der Waals surface area (Å²) in [4.78, 5) is 30.3. The molecule has 0 amide bonds. The minimum atomic E-state index is -1.21. The van der Waals surface area contributed by atoms with Gasteiger partial charge in [0.1, 0.15) is 11.9 Å². The molecule has 6 nitrogen and oxygen atoms in total. The number of hydrogen-bond donors (Lipinski definition) is 2. The summed E-state index contributed by atoms with van der Waals surface area (Å²) in [5, 5.41) is 24.4. The van der Waals surface area contributed by atoms with E-state index in [9.17, 15) is 19.8 Å². The number of aromatic nitrogens is 1. The third kappa shape index (κ3) is 7.59. The first kappa shape index (κ1) is 27.4. The van der Waals surface area contributed by atoms with Crippen molar-refractivity contribution >= 4 is 29.2 Å². The molecule has 33 heavy (non-hydrogen) atoms. The van der Waals surface area contributed by atoms with E-state index < -0.39 is 35.6 Å². The lowest BCUT2D eigenvalue weighted by Crippen LogP contribution is -2.45. The number of rotatable bonds is 2. The Balaban J connectivity index is 2.27. The number of nitrogens with zero attached hydrogens (tertiary/aromatic N) is 1. The van der Waals surface area contributed by atoms with Gasteiger partial charge in [-0.25, -0.2) is 4.98 Å². The van der Waals surface area contributed by atoms with Gasteiger partial charge in [0.15, 0.2) is 0 Å². The van der Waals surface area contributed by atoms with Crippen LogP contribution >= 0.6 is 11.3 Å². The zero-order chi connectivity index (χ0) is 24.8. The quantitative estimate of drug-likeness (QED) is 0.466. The van der Waals surface area contributed by atoms with Crippen LogP contribution in [0.15, 0.2) is 23.1 Å². The average molecular weight is 478 g/mol. The number of thiazole rings is 1. The highest BCUT2D eigenvalue weighted by Gasteiger charge is 2.42. The molecule has 5 atom stereocenters. The molecule has 0 spiro atoms. The number of carbonyl (C=O) groups is 2. The molecule has 0 fully saturated rings. The molecule has 0 aliphatic carbocycles. The van der Waals surface area contributed by atoms with E-state index in [-0.39, 0.29) is 18.1 Å². The Morgan fingerprint density at radius 3 is 2.58 bits per heavy atom. The van der Waals surface area contributed by atoms with Crippen LogP contribution in [-0.2, 0) is 14.3 Å². The second kappa shape index (κ2) is 12.0. The van der Waals surface area contributed by atoms with E-state index in [0.717, 1.165) is 35.5 Å². The molecule has 0 bridgehead atoms. The molecule has 1 aromatic heterocycles. The number of carbonyl (C=O) groups excluding carboxylic acids is 2. The number of cyclic esters (lactones) is 1. The zero-order valence-corrected chi connectivity index (χ0v) is 21.5. The highest BCUT2D eigenvalue weighted by molar-refractivity contribution is 7.09. The van der Waals surface area contributed by atoms with Gasteiger partial charge < -0.3 is 14.9 Å². The minimum absolute atomic E-state index is 0.0392. The van der Waals surface area contributed by atoms with Gasteiger partial charge in [-0.05, 0) is 50.7 Å². The number of allylic oxidation sites excluding steroid dienone is 1. The van der Waals surface area contributed by atoms with E-state index in [4.69, 9.17) is 4.74 Å². The summed E-state index contributed by atoms with van der Waals surface area (Å²) >= 11 is 1.56. The molecular formula is C26H39NO5S. The van der Waals surface area contributed by atoms with Crippen LogP contribution in [0.5, 0.6) is 0 Å². The molecule has 184 valence electrons. The first-order valence-corrected chi connectivity index (χ1v) is 12.7. The van der Waals surface area contributed by atoms with Crippen molar-refractivity contribution in [3.05, 3.63) is 33.8 Å². The lowest BCUT2D eigenvalue weighted by molar-refractivity contribution is -0.154. The van der Waals surface area contributed by atoms with Gasteiger partial charge in [-0.1, -0.05) is 39.8 Å². The van der Waals surface area contributed by atoms with E-state index in [1.807, 2.05) is 38.3 Å². The number of aliphatic hydroxyl groups excluding tert-OH is 2. The van der Waals surface area contributed by atoms with Crippen molar-refractivity contribution in [2.45, 2.75) is 92.0 Å². The van der Waals surface area contributed by atoms with Crippen molar-refractivity contribution in [1.82, 2.24) is 4.98 Å². The van der Waals surface area contributed by atoms with Crippen molar-refractivity contribution in [1.29, 1.82) is 0 Å². The third-order valence-corrected chi connectivity index (χ3v) is 7.47. The fourth-order valence-corrected chi connectivity index (χ4v) is 4.75. The molecule has 1 aromatic rings. The monoisotopic (exact) mass is 477 g/mol. The molecule has 1 unspecified atom stereocenters. The number of esters is 1. The number of aryl methyl sites for hydroxylation is 1. The van der Waals surface area contributed by atoms with Gasteiger partial charge in [-0.15, -0.1) is 11.3 Å². The Morgan fingerprint density at radius 2 is 1.94 bits per heavy atom. The highest BCUT2D eigenvalue weighted by Crippen LogP contribution is 2.32. The summed E-state index contributed by atoms with van der Waals surface area (Å²) in [7, 11) is 0. The maximum absolute atomic E-state index is 13.1. The predicted molar refractivity (Wildman–Crippen MR) is 132 cm³/mol. The number of ether oxygens (including phenoxy) is 1. The molecular weight excluding hydrogens is 438 g/mol. The van der Waals surface area contributed by atoms with Crippen LogP contribution in [0.4, 0.5) is 0 Å². The van der Waals surface area contributed by atoms with Crippen molar-refractivity contribution in [3.8, 4) is 0 Å². The Bertz CT molecular complexity index is 872. The van der Waals surface area contributed by atoms with Crippen molar-refractivity contribution in [3.63, 3.8) is 0 Å². The number of Topliss-reactive ketones (excluding diaryl/α,β-unsaturated/α-hetero) is 1. The summed E-state index contributed by atoms with van der Waals surface area (Å²) in [6, 6.07) is 0. The standard InChI is InChI=1S/C26H39NO5S/c1-16-11-9-7-8-10-12-21(17(2)13-20-15-33-19(4)27-20)32-23(29)14-22(28)26(5,6)25(31)18(3)24(16)30/h8,10,13,15-16,18,21-22,24,28,30H,7,9,11-12,14H2,1-6H3/b10-8-,17-13+/t16-,18+,21-,22?,24-/m0/s1. The Morgan fingerprint density at radius 1 is 1.24 bits per heavy atom. The number of aliphatic hydroxyl groups is 2. The molecule has 2 heterocycles. The average Bonchev–Trinajstić information content (AvgIpc) is 3.16. The summed E-state index contributed by atoms with van der Waals surface area (Å²) in [6.07, 6.45) is 6.28. The van der Waals surface area contributed by atoms with Crippen LogP contribution in [0.1, 0.15) is 77.4 Å². The van der Waals surface area contributed by atoms with Gasteiger partial charge in [0, 0.05) is 17.7 Å². The van der Waals surface area contributed by atoms with E-state index in [2.05, 4.69) is 11.1 Å². The van der Waals surface area contributed by atoms with Gasteiger partial charge in [-0.2, -0.15) is 0 Å². The molecule has 2 N–H and O–H groups in total. The normalized spacial score (nSPS) is 31.8. The van der Waals surface area contributed by atoms with Crippen molar-refractivity contribution in [2.24, 2.45) is 17.3 Å². The summed E-state index contributed by atoms with van der Waals surface area (Å²) in [5.74, 6) is -1.48. The van der Waals surface area contributed by atoms with Gasteiger partial charge in [0.05, 0.1) is 34.7 Å². The van der Waals surface area contributed by atoms with Crippen LogP contribution in [0.3, 0.4) is 0 Å².